The third-order valence-corrected chi connectivity index (χ3v) is 2.82. The lowest BCUT2D eigenvalue weighted by molar-refractivity contribution is 0.220. The number of rotatable bonds is 2. The first-order chi connectivity index (χ1) is 7.68. The molecule has 0 radical (unpaired) electrons. The molecule has 1 aromatic carbocycles. The van der Waals surface area contributed by atoms with Crippen LogP contribution in [0.15, 0.2) is 47.1 Å². The van der Waals surface area contributed by atoms with Crippen LogP contribution >= 0.6 is 15.9 Å². The van der Waals surface area contributed by atoms with E-state index in [2.05, 4.69) is 20.9 Å². The Hall–Kier alpha value is -1.39. The molecule has 3 nitrogen and oxygen atoms in total. The molecule has 1 unspecified atom stereocenters. The fraction of sp³-hybridized carbons (Fsp3) is 0.0833. The molecule has 82 valence electrons. The zero-order valence-corrected chi connectivity index (χ0v) is 10.1. The van der Waals surface area contributed by atoms with E-state index in [1.807, 2.05) is 24.3 Å². The van der Waals surface area contributed by atoms with Gasteiger partial charge in [-0.2, -0.15) is 0 Å². The van der Waals surface area contributed by atoms with Crippen molar-refractivity contribution in [2.24, 2.45) is 0 Å². The van der Waals surface area contributed by atoms with Gasteiger partial charge in [0.2, 0.25) is 0 Å². The van der Waals surface area contributed by atoms with Gasteiger partial charge < -0.3 is 10.8 Å². The van der Waals surface area contributed by atoms with Crippen molar-refractivity contribution >= 4 is 21.7 Å². The van der Waals surface area contributed by atoms with Gasteiger partial charge in [0.15, 0.2) is 0 Å². The molecule has 1 heterocycles. The molecule has 1 atom stereocenters. The highest BCUT2D eigenvalue weighted by atomic mass is 79.9. The predicted molar refractivity (Wildman–Crippen MR) is 66.9 cm³/mol. The van der Waals surface area contributed by atoms with Crippen LogP contribution in [0.4, 0.5) is 5.82 Å². The Labute approximate surface area is 102 Å². The van der Waals surface area contributed by atoms with Crippen molar-refractivity contribution in [2.45, 2.75) is 6.10 Å². The fourth-order valence-electron chi connectivity index (χ4n) is 1.52. The fourth-order valence-corrected chi connectivity index (χ4v) is 1.93. The summed E-state index contributed by atoms with van der Waals surface area (Å²) >= 11 is 3.36. The number of halogens is 1. The van der Waals surface area contributed by atoms with Gasteiger partial charge in [-0.25, -0.2) is 4.98 Å². The van der Waals surface area contributed by atoms with Crippen LogP contribution in [-0.2, 0) is 0 Å². The number of hydrogen-bond acceptors (Lipinski definition) is 3. The molecule has 0 fully saturated rings. The first kappa shape index (κ1) is 11.1. The first-order valence-electron chi connectivity index (χ1n) is 4.82. The van der Waals surface area contributed by atoms with Gasteiger partial charge in [-0.15, -0.1) is 0 Å². The summed E-state index contributed by atoms with van der Waals surface area (Å²) in [6, 6.07) is 11.0. The van der Waals surface area contributed by atoms with E-state index in [-0.39, 0.29) is 0 Å². The third-order valence-electron chi connectivity index (χ3n) is 2.33. The van der Waals surface area contributed by atoms with E-state index in [0.717, 1.165) is 10.0 Å². The summed E-state index contributed by atoms with van der Waals surface area (Å²) in [4.78, 5) is 3.95. The zero-order chi connectivity index (χ0) is 11.5. The van der Waals surface area contributed by atoms with Crippen LogP contribution in [-0.4, -0.2) is 10.1 Å². The number of pyridine rings is 1. The summed E-state index contributed by atoms with van der Waals surface area (Å²) < 4.78 is 0.923. The Bertz CT molecular complexity index is 502. The number of nitrogens with two attached hydrogens (primary N) is 1. The molecule has 0 aliphatic rings. The van der Waals surface area contributed by atoms with Gasteiger partial charge in [-0.1, -0.05) is 34.1 Å². The van der Waals surface area contributed by atoms with Crippen LogP contribution < -0.4 is 5.73 Å². The average Bonchev–Trinajstić information content (AvgIpc) is 2.29. The van der Waals surface area contributed by atoms with Gasteiger partial charge in [0.1, 0.15) is 11.9 Å². The van der Waals surface area contributed by atoms with Crippen molar-refractivity contribution in [2.75, 3.05) is 5.73 Å². The summed E-state index contributed by atoms with van der Waals surface area (Å²) in [6.07, 6.45) is 0.859. The molecule has 0 aliphatic heterocycles. The third kappa shape index (κ3) is 2.23. The van der Waals surface area contributed by atoms with Crippen molar-refractivity contribution in [3.8, 4) is 0 Å². The topological polar surface area (TPSA) is 59.1 Å². The molecule has 1 aromatic heterocycles. The highest BCUT2D eigenvalue weighted by Crippen LogP contribution is 2.26. The maximum Gasteiger partial charge on any atom is 0.129 e. The molecule has 0 aliphatic carbocycles. The van der Waals surface area contributed by atoms with Crippen LogP contribution in [0.3, 0.4) is 0 Å². The largest absolute Gasteiger partial charge is 0.384 e. The molecule has 0 bridgehead atoms. The Morgan fingerprint density at radius 2 is 2.06 bits per heavy atom. The molecule has 0 amide bonds. The summed E-state index contributed by atoms with van der Waals surface area (Å²) in [5.74, 6) is 0.356. The number of anilines is 1. The minimum absolute atomic E-state index is 0.356. The Morgan fingerprint density at radius 1 is 1.25 bits per heavy atom. The van der Waals surface area contributed by atoms with Crippen LogP contribution in [0.2, 0.25) is 0 Å². The number of benzene rings is 1. The molecule has 2 aromatic rings. The van der Waals surface area contributed by atoms with Crippen molar-refractivity contribution < 1.29 is 5.11 Å². The minimum atomic E-state index is -0.744. The lowest BCUT2D eigenvalue weighted by atomic mass is 10.0. The first-order valence-corrected chi connectivity index (χ1v) is 5.61. The van der Waals surface area contributed by atoms with Crippen molar-refractivity contribution in [1.29, 1.82) is 0 Å². The summed E-state index contributed by atoms with van der Waals surface area (Å²) in [6.45, 7) is 0. The number of nitrogens with zero attached hydrogens (tertiary/aromatic N) is 1. The van der Waals surface area contributed by atoms with Crippen LogP contribution in [0.5, 0.6) is 0 Å². The van der Waals surface area contributed by atoms with E-state index in [0.29, 0.717) is 11.4 Å². The second-order valence-corrected chi connectivity index (χ2v) is 4.35. The van der Waals surface area contributed by atoms with Gasteiger partial charge >= 0.3 is 0 Å². The number of hydrogen-bond donors (Lipinski definition) is 2. The van der Waals surface area contributed by atoms with E-state index in [4.69, 9.17) is 5.73 Å². The molecule has 16 heavy (non-hydrogen) atoms. The maximum absolute atomic E-state index is 10.2. The van der Waals surface area contributed by atoms with Gasteiger partial charge in [-0.3, -0.25) is 0 Å². The van der Waals surface area contributed by atoms with E-state index >= 15 is 0 Å². The van der Waals surface area contributed by atoms with Crippen LogP contribution in [0.25, 0.3) is 0 Å². The van der Waals surface area contributed by atoms with Gasteiger partial charge in [-0.05, 0) is 23.8 Å². The monoisotopic (exact) mass is 278 g/mol. The van der Waals surface area contributed by atoms with E-state index in [1.54, 1.807) is 18.3 Å². The Kier molecular flexibility index (Phi) is 3.22. The maximum atomic E-state index is 10.2. The molecule has 3 N–H and O–H groups in total. The number of aromatic nitrogens is 1. The number of nitrogen functional groups attached to an aromatic ring is 1. The molecule has 0 saturated carbocycles. The normalized spacial score (nSPS) is 12.4. The zero-order valence-electron chi connectivity index (χ0n) is 8.47. The van der Waals surface area contributed by atoms with Crippen LogP contribution in [0.1, 0.15) is 17.2 Å². The Balaban J connectivity index is 2.39. The predicted octanol–water partition coefficient (Wildman–Crippen LogP) is 2.51. The van der Waals surface area contributed by atoms with Crippen molar-refractivity contribution in [3.05, 3.63) is 58.2 Å². The molecular weight excluding hydrogens is 268 g/mol. The summed E-state index contributed by atoms with van der Waals surface area (Å²) in [7, 11) is 0. The summed E-state index contributed by atoms with van der Waals surface area (Å²) in [5.41, 5.74) is 7.13. The molecule has 0 saturated heterocycles. The second-order valence-electron chi connectivity index (χ2n) is 3.44. The quantitative estimate of drug-likeness (QED) is 0.888. The SMILES string of the molecule is Nc1ncccc1C(O)c1cccc(Br)c1. The van der Waals surface area contributed by atoms with Crippen molar-refractivity contribution in [3.63, 3.8) is 0 Å². The van der Waals surface area contributed by atoms with Gasteiger partial charge in [0.25, 0.3) is 0 Å². The van der Waals surface area contributed by atoms with Gasteiger partial charge in [0.05, 0.1) is 0 Å². The van der Waals surface area contributed by atoms with E-state index in [1.165, 1.54) is 0 Å². The highest BCUT2D eigenvalue weighted by Gasteiger charge is 2.13. The van der Waals surface area contributed by atoms with Crippen LogP contribution in [0, 0.1) is 0 Å². The number of aliphatic hydroxyl groups is 1. The van der Waals surface area contributed by atoms with E-state index < -0.39 is 6.10 Å². The minimum Gasteiger partial charge on any atom is -0.384 e. The average molecular weight is 279 g/mol. The smallest absolute Gasteiger partial charge is 0.129 e. The lowest BCUT2D eigenvalue weighted by Crippen LogP contribution is -2.05. The number of aliphatic hydroxyl groups excluding tert-OH is 1. The standard InChI is InChI=1S/C12H11BrN2O/c13-9-4-1-3-8(7-9)11(16)10-5-2-6-15-12(10)14/h1-7,11,16H,(H2,14,15). The molecular formula is C12H11BrN2O. The Morgan fingerprint density at radius 3 is 2.75 bits per heavy atom. The molecule has 4 heteroatoms. The molecule has 2 rings (SSSR count). The lowest BCUT2D eigenvalue weighted by Gasteiger charge is -2.13. The van der Waals surface area contributed by atoms with E-state index in [9.17, 15) is 5.11 Å². The molecule has 0 spiro atoms. The second kappa shape index (κ2) is 4.63. The van der Waals surface area contributed by atoms with Crippen molar-refractivity contribution in [1.82, 2.24) is 4.98 Å². The summed E-state index contributed by atoms with van der Waals surface area (Å²) in [5, 5.41) is 10.2. The van der Waals surface area contributed by atoms with Gasteiger partial charge in [0, 0.05) is 16.2 Å². The highest BCUT2D eigenvalue weighted by molar-refractivity contribution is 9.10.